The van der Waals surface area contributed by atoms with Gasteiger partial charge in [0.05, 0.1) is 6.26 Å². The van der Waals surface area contributed by atoms with E-state index in [4.69, 9.17) is 4.42 Å². The number of nitrogens with one attached hydrogen (secondary N) is 2. The molecule has 160 valence electrons. The first-order chi connectivity index (χ1) is 14.3. The quantitative estimate of drug-likeness (QED) is 0.758. The van der Waals surface area contributed by atoms with Crippen molar-refractivity contribution >= 4 is 23.4 Å². The van der Waals surface area contributed by atoms with E-state index in [0.29, 0.717) is 42.9 Å². The van der Waals surface area contributed by atoms with E-state index >= 15 is 0 Å². The summed E-state index contributed by atoms with van der Waals surface area (Å²) in [6.45, 7) is 7.02. The monoisotopic (exact) mass is 411 g/mol. The number of carbonyl (C=O) groups excluding carboxylic acids is 3. The van der Waals surface area contributed by atoms with Crippen LogP contribution < -0.4 is 10.6 Å². The summed E-state index contributed by atoms with van der Waals surface area (Å²) in [6.07, 6.45) is 3.52. The number of nitrogens with zero attached hydrogens (tertiary/aromatic N) is 1. The Bertz CT molecular complexity index is 880. The topological polar surface area (TPSA) is 91.7 Å². The van der Waals surface area contributed by atoms with Crippen LogP contribution in [0.5, 0.6) is 0 Å². The zero-order valence-electron chi connectivity index (χ0n) is 17.7. The lowest BCUT2D eigenvalue weighted by Crippen LogP contribution is -2.42. The SMILES string of the molecule is CCC(C)(C)NC(=O)c1ccc(NC(=O)C2CCN(C(=O)c3ccco3)CC2)cc1. The molecule has 1 aliphatic rings. The van der Waals surface area contributed by atoms with Crippen LogP contribution in [-0.2, 0) is 4.79 Å². The summed E-state index contributed by atoms with van der Waals surface area (Å²) >= 11 is 0. The largest absolute Gasteiger partial charge is 0.459 e. The van der Waals surface area contributed by atoms with Gasteiger partial charge in [-0.15, -0.1) is 0 Å². The highest BCUT2D eigenvalue weighted by Crippen LogP contribution is 2.21. The lowest BCUT2D eigenvalue weighted by atomic mass is 9.95. The van der Waals surface area contributed by atoms with Crippen LogP contribution in [0.4, 0.5) is 5.69 Å². The molecule has 0 saturated carbocycles. The van der Waals surface area contributed by atoms with E-state index in [1.165, 1.54) is 6.26 Å². The van der Waals surface area contributed by atoms with Crippen molar-refractivity contribution in [3.05, 3.63) is 54.0 Å². The molecule has 30 heavy (non-hydrogen) atoms. The number of amides is 3. The molecule has 0 aliphatic carbocycles. The van der Waals surface area contributed by atoms with Crippen molar-refractivity contribution in [1.82, 2.24) is 10.2 Å². The third-order valence-electron chi connectivity index (χ3n) is 5.64. The van der Waals surface area contributed by atoms with E-state index in [9.17, 15) is 14.4 Å². The maximum Gasteiger partial charge on any atom is 0.289 e. The fraction of sp³-hybridized carbons (Fsp3) is 0.435. The number of anilines is 1. The van der Waals surface area contributed by atoms with Crippen LogP contribution >= 0.6 is 0 Å². The molecular formula is C23H29N3O4. The van der Waals surface area contributed by atoms with Gasteiger partial charge in [0, 0.05) is 35.8 Å². The number of hydrogen-bond donors (Lipinski definition) is 2. The van der Waals surface area contributed by atoms with Crippen molar-refractivity contribution in [3.8, 4) is 0 Å². The second-order valence-corrected chi connectivity index (χ2v) is 8.30. The summed E-state index contributed by atoms with van der Waals surface area (Å²) in [5, 5.41) is 5.91. The highest BCUT2D eigenvalue weighted by atomic mass is 16.3. The Labute approximate surface area is 176 Å². The average molecular weight is 412 g/mol. The van der Waals surface area contributed by atoms with E-state index in [1.54, 1.807) is 41.3 Å². The Morgan fingerprint density at radius 3 is 2.33 bits per heavy atom. The van der Waals surface area contributed by atoms with Gasteiger partial charge in [-0.1, -0.05) is 6.92 Å². The van der Waals surface area contributed by atoms with Gasteiger partial charge in [0.25, 0.3) is 11.8 Å². The normalized spacial score (nSPS) is 15.0. The first-order valence-electron chi connectivity index (χ1n) is 10.4. The molecule has 0 atom stereocenters. The zero-order chi connectivity index (χ0) is 21.7. The number of carbonyl (C=O) groups is 3. The van der Waals surface area contributed by atoms with Crippen LogP contribution in [0.25, 0.3) is 0 Å². The van der Waals surface area contributed by atoms with Gasteiger partial charge in [-0.05, 0) is 69.5 Å². The standard InChI is InChI=1S/C23H29N3O4/c1-4-23(2,3)25-21(28)16-7-9-18(10-8-16)24-20(27)17-11-13-26(14-12-17)22(29)19-6-5-15-30-19/h5-10,15,17H,4,11-14H2,1-3H3,(H,24,27)(H,25,28). The minimum absolute atomic E-state index is 0.0654. The zero-order valence-corrected chi connectivity index (χ0v) is 17.7. The number of benzene rings is 1. The van der Waals surface area contributed by atoms with Crippen LogP contribution in [0.1, 0.15) is 60.9 Å². The van der Waals surface area contributed by atoms with Gasteiger partial charge < -0.3 is 20.0 Å². The van der Waals surface area contributed by atoms with Gasteiger partial charge in [0.2, 0.25) is 5.91 Å². The first-order valence-corrected chi connectivity index (χ1v) is 10.4. The number of furan rings is 1. The molecule has 2 aromatic rings. The summed E-state index contributed by atoms with van der Waals surface area (Å²) in [7, 11) is 0. The summed E-state index contributed by atoms with van der Waals surface area (Å²) in [6, 6.07) is 10.2. The minimum Gasteiger partial charge on any atom is -0.459 e. The molecule has 1 fully saturated rings. The highest BCUT2D eigenvalue weighted by molar-refractivity contribution is 5.97. The van der Waals surface area contributed by atoms with E-state index in [-0.39, 0.29) is 29.2 Å². The van der Waals surface area contributed by atoms with E-state index < -0.39 is 0 Å². The van der Waals surface area contributed by atoms with Crippen molar-refractivity contribution in [3.63, 3.8) is 0 Å². The average Bonchev–Trinajstić information content (AvgIpc) is 3.28. The summed E-state index contributed by atoms with van der Waals surface area (Å²) in [4.78, 5) is 39.0. The molecule has 0 bridgehead atoms. The molecule has 0 spiro atoms. The summed E-state index contributed by atoms with van der Waals surface area (Å²) < 4.78 is 5.16. The molecule has 7 nitrogen and oxygen atoms in total. The fourth-order valence-electron chi connectivity index (χ4n) is 3.32. The highest BCUT2D eigenvalue weighted by Gasteiger charge is 2.28. The third kappa shape index (κ3) is 5.28. The molecule has 1 aliphatic heterocycles. The molecule has 2 N–H and O–H groups in total. The van der Waals surface area contributed by atoms with Gasteiger partial charge in [-0.2, -0.15) is 0 Å². The van der Waals surface area contributed by atoms with Gasteiger partial charge in [-0.25, -0.2) is 0 Å². The van der Waals surface area contributed by atoms with Crippen molar-refractivity contribution in [2.45, 2.75) is 45.6 Å². The van der Waals surface area contributed by atoms with Gasteiger partial charge in [0.15, 0.2) is 5.76 Å². The van der Waals surface area contributed by atoms with Crippen LogP contribution in [0.2, 0.25) is 0 Å². The molecule has 1 saturated heterocycles. The second-order valence-electron chi connectivity index (χ2n) is 8.30. The van der Waals surface area contributed by atoms with Crippen molar-refractivity contribution in [2.75, 3.05) is 18.4 Å². The van der Waals surface area contributed by atoms with Crippen LogP contribution in [-0.4, -0.2) is 41.2 Å². The minimum atomic E-state index is -0.267. The molecule has 0 unspecified atom stereocenters. The van der Waals surface area contributed by atoms with Crippen LogP contribution in [0.3, 0.4) is 0 Å². The lowest BCUT2D eigenvalue weighted by molar-refractivity contribution is -0.121. The number of likely N-dealkylation sites (tertiary alicyclic amines) is 1. The van der Waals surface area contributed by atoms with Gasteiger partial charge in [0.1, 0.15) is 0 Å². The van der Waals surface area contributed by atoms with Gasteiger partial charge in [-0.3, -0.25) is 14.4 Å². The fourth-order valence-corrected chi connectivity index (χ4v) is 3.32. The lowest BCUT2D eigenvalue weighted by Gasteiger charge is -2.30. The summed E-state index contributed by atoms with van der Waals surface area (Å²) in [5.41, 5.74) is 0.941. The maximum atomic E-state index is 12.6. The van der Waals surface area contributed by atoms with Crippen molar-refractivity contribution in [2.24, 2.45) is 5.92 Å². The number of hydrogen-bond acceptors (Lipinski definition) is 4. The van der Waals surface area contributed by atoms with Gasteiger partial charge >= 0.3 is 0 Å². The predicted octanol–water partition coefficient (Wildman–Crippen LogP) is 3.69. The molecule has 3 rings (SSSR count). The predicted molar refractivity (Wildman–Crippen MR) is 114 cm³/mol. The van der Waals surface area contributed by atoms with E-state index in [2.05, 4.69) is 10.6 Å². The Balaban J connectivity index is 1.50. The van der Waals surface area contributed by atoms with E-state index in [1.807, 2.05) is 20.8 Å². The summed E-state index contributed by atoms with van der Waals surface area (Å²) in [5.74, 6) is -0.167. The molecule has 1 aromatic carbocycles. The first kappa shape index (κ1) is 21.6. The number of rotatable bonds is 6. The smallest absolute Gasteiger partial charge is 0.289 e. The van der Waals surface area contributed by atoms with Crippen LogP contribution in [0.15, 0.2) is 47.1 Å². The third-order valence-corrected chi connectivity index (χ3v) is 5.64. The van der Waals surface area contributed by atoms with E-state index in [0.717, 1.165) is 6.42 Å². The number of piperidine rings is 1. The van der Waals surface area contributed by atoms with Crippen molar-refractivity contribution < 1.29 is 18.8 Å². The van der Waals surface area contributed by atoms with Crippen LogP contribution in [0, 0.1) is 5.92 Å². The molecule has 1 aromatic heterocycles. The molecule has 0 radical (unpaired) electrons. The Morgan fingerprint density at radius 2 is 1.77 bits per heavy atom. The maximum absolute atomic E-state index is 12.6. The molecular weight excluding hydrogens is 382 g/mol. The second kappa shape index (κ2) is 9.15. The van der Waals surface area contributed by atoms with Crippen molar-refractivity contribution in [1.29, 1.82) is 0 Å². The molecule has 2 heterocycles. The molecule has 7 heteroatoms. The molecule has 3 amide bonds. The Kier molecular flexibility index (Phi) is 6.59. The Hall–Kier alpha value is -3.09. The Morgan fingerprint density at radius 1 is 1.10 bits per heavy atom.